The normalized spacial score (nSPS) is 13.6. The zero-order valence-electron chi connectivity index (χ0n) is 13.1. The molecule has 3 aromatic rings. The number of carbonyl (C=O) groups excluding carboxylic acids is 2. The van der Waals surface area contributed by atoms with Crippen molar-refractivity contribution in [3.8, 4) is 0 Å². The Balaban J connectivity index is 1.55. The molecule has 0 radical (unpaired) electrons. The summed E-state index contributed by atoms with van der Waals surface area (Å²) < 4.78 is 1.79. The van der Waals surface area contributed by atoms with E-state index in [-0.39, 0.29) is 24.3 Å². The van der Waals surface area contributed by atoms with Gasteiger partial charge in [-0.2, -0.15) is 5.10 Å². The van der Waals surface area contributed by atoms with Gasteiger partial charge in [-0.15, -0.1) is 0 Å². The smallest absolute Gasteiger partial charge is 0.259 e. The summed E-state index contributed by atoms with van der Waals surface area (Å²) in [6.45, 7) is 0.630. The molecule has 8 heteroatoms. The number of guanidine groups is 1. The maximum absolute atomic E-state index is 12.2. The van der Waals surface area contributed by atoms with E-state index < -0.39 is 0 Å². The second-order valence-corrected chi connectivity index (χ2v) is 5.59. The molecule has 0 atom stereocenters. The molecular formula is C17H14N6O2. The lowest BCUT2D eigenvalue weighted by molar-refractivity contribution is -0.117. The van der Waals surface area contributed by atoms with E-state index in [1.165, 1.54) is 6.20 Å². The first-order valence-corrected chi connectivity index (χ1v) is 7.70. The van der Waals surface area contributed by atoms with Gasteiger partial charge in [0.15, 0.2) is 5.65 Å². The summed E-state index contributed by atoms with van der Waals surface area (Å²) in [6.07, 6.45) is 3.16. The lowest BCUT2D eigenvalue weighted by Gasteiger charge is -2.05. The number of aromatic nitrogens is 3. The Kier molecular flexibility index (Phi) is 3.70. The predicted octanol–water partition coefficient (Wildman–Crippen LogP) is 0.695. The molecule has 2 amide bonds. The number of fused-ring (bicyclic) bond motifs is 1. The van der Waals surface area contributed by atoms with Crippen molar-refractivity contribution in [2.75, 3.05) is 6.54 Å². The van der Waals surface area contributed by atoms with Gasteiger partial charge in [-0.3, -0.25) is 20.2 Å². The van der Waals surface area contributed by atoms with E-state index in [1.54, 1.807) is 16.9 Å². The SMILES string of the molecule is O=C1CN=C(NC(=O)c2cnc3c(cnn3Cc3ccccc3)c2)N1. The molecule has 8 nitrogen and oxygen atoms in total. The molecule has 0 aliphatic carbocycles. The predicted molar refractivity (Wildman–Crippen MR) is 91.0 cm³/mol. The van der Waals surface area contributed by atoms with Crippen molar-refractivity contribution in [2.24, 2.45) is 4.99 Å². The molecule has 124 valence electrons. The van der Waals surface area contributed by atoms with Gasteiger partial charge >= 0.3 is 0 Å². The van der Waals surface area contributed by atoms with Crippen molar-refractivity contribution in [1.29, 1.82) is 0 Å². The van der Waals surface area contributed by atoms with Crippen LogP contribution in [0, 0.1) is 0 Å². The first-order chi connectivity index (χ1) is 12.2. The highest BCUT2D eigenvalue weighted by Crippen LogP contribution is 2.14. The summed E-state index contributed by atoms with van der Waals surface area (Å²) >= 11 is 0. The molecule has 3 heterocycles. The number of carbonyl (C=O) groups is 2. The Morgan fingerprint density at radius 1 is 1.24 bits per heavy atom. The third-order valence-electron chi connectivity index (χ3n) is 3.78. The molecule has 25 heavy (non-hydrogen) atoms. The third kappa shape index (κ3) is 3.09. The molecule has 0 unspecified atom stereocenters. The average molecular weight is 334 g/mol. The van der Waals surface area contributed by atoms with Crippen LogP contribution in [0.1, 0.15) is 15.9 Å². The molecule has 4 rings (SSSR count). The zero-order chi connectivity index (χ0) is 17.2. The van der Waals surface area contributed by atoms with Gasteiger partial charge in [0, 0.05) is 11.6 Å². The summed E-state index contributed by atoms with van der Waals surface area (Å²) in [7, 11) is 0. The minimum atomic E-state index is -0.383. The lowest BCUT2D eigenvalue weighted by Crippen LogP contribution is -2.40. The van der Waals surface area contributed by atoms with Gasteiger partial charge in [-0.25, -0.2) is 14.7 Å². The maximum Gasteiger partial charge on any atom is 0.259 e. The number of nitrogens with zero attached hydrogens (tertiary/aromatic N) is 4. The minimum absolute atomic E-state index is 0.0269. The van der Waals surface area contributed by atoms with Crippen LogP contribution in [-0.4, -0.2) is 39.1 Å². The zero-order valence-corrected chi connectivity index (χ0v) is 13.1. The van der Waals surface area contributed by atoms with Gasteiger partial charge in [0.25, 0.3) is 5.91 Å². The van der Waals surface area contributed by atoms with E-state index in [2.05, 4.69) is 25.7 Å². The number of pyridine rings is 1. The largest absolute Gasteiger partial charge is 0.295 e. The average Bonchev–Trinajstić information content (AvgIpc) is 3.22. The second kappa shape index (κ2) is 6.16. The van der Waals surface area contributed by atoms with E-state index in [0.29, 0.717) is 17.8 Å². The van der Waals surface area contributed by atoms with Crippen molar-refractivity contribution in [1.82, 2.24) is 25.4 Å². The van der Waals surface area contributed by atoms with Crippen LogP contribution in [0.2, 0.25) is 0 Å². The Bertz CT molecular complexity index is 993. The summed E-state index contributed by atoms with van der Waals surface area (Å²) in [4.78, 5) is 31.6. The van der Waals surface area contributed by atoms with Crippen LogP contribution < -0.4 is 10.6 Å². The van der Waals surface area contributed by atoms with Crippen LogP contribution >= 0.6 is 0 Å². The van der Waals surface area contributed by atoms with Crippen LogP contribution in [-0.2, 0) is 11.3 Å². The molecule has 2 N–H and O–H groups in total. The first kappa shape index (κ1) is 15.0. The van der Waals surface area contributed by atoms with Gasteiger partial charge in [0.05, 0.1) is 18.3 Å². The maximum atomic E-state index is 12.2. The van der Waals surface area contributed by atoms with Crippen LogP contribution in [0.4, 0.5) is 0 Å². The van der Waals surface area contributed by atoms with E-state index in [1.807, 2.05) is 30.3 Å². The molecule has 1 aromatic carbocycles. The van der Waals surface area contributed by atoms with E-state index >= 15 is 0 Å². The van der Waals surface area contributed by atoms with Gasteiger partial charge in [-0.1, -0.05) is 30.3 Å². The van der Waals surface area contributed by atoms with Crippen molar-refractivity contribution < 1.29 is 9.59 Å². The number of hydrogen-bond donors (Lipinski definition) is 2. The van der Waals surface area contributed by atoms with Crippen molar-refractivity contribution in [3.63, 3.8) is 0 Å². The molecular weight excluding hydrogens is 320 g/mol. The van der Waals surface area contributed by atoms with Crippen LogP contribution in [0.25, 0.3) is 11.0 Å². The second-order valence-electron chi connectivity index (χ2n) is 5.59. The van der Waals surface area contributed by atoms with Crippen LogP contribution in [0.15, 0.2) is 53.8 Å². The lowest BCUT2D eigenvalue weighted by atomic mass is 10.2. The molecule has 0 saturated carbocycles. The van der Waals surface area contributed by atoms with E-state index in [0.717, 1.165) is 10.9 Å². The summed E-state index contributed by atoms with van der Waals surface area (Å²) in [5, 5.41) is 10.1. The number of rotatable bonds is 3. The molecule has 2 aromatic heterocycles. The van der Waals surface area contributed by atoms with E-state index in [4.69, 9.17) is 0 Å². The number of aliphatic imine (C=N–C) groups is 1. The molecule has 0 bridgehead atoms. The Morgan fingerprint density at radius 2 is 2.08 bits per heavy atom. The van der Waals surface area contributed by atoms with Crippen molar-refractivity contribution in [2.45, 2.75) is 6.54 Å². The summed E-state index contributed by atoms with van der Waals surface area (Å²) in [6, 6.07) is 11.7. The number of nitrogens with one attached hydrogen (secondary N) is 2. The highest BCUT2D eigenvalue weighted by atomic mass is 16.2. The van der Waals surface area contributed by atoms with Gasteiger partial charge < -0.3 is 0 Å². The molecule has 0 spiro atoms. The Morgan fingerprint density at radius 3 is 2.84 bits per heavy atom. The van der Waals surface area contributed by atoms with Gasteiger partial charge in [0.2, 0.25) is 11.9 Å². The first-order valence-electron chi connectivity index (χ1n) is 7.70. The fraction of sp³-hybridized carbons (Fsp3) is 0.118. The molecule has 0 fully saturated rings. The highest BCUT2D eigenvalue weighted by molar-refractivity contribution is 6.12. The van der Waals surface area contributed by atoms with E-state index in [9.17, 15) is 9.59 Å². The summed E-state index contributed by atoms with van der Waals surface area (Å²) in [5.41, 5.74) is 2.19. The Hall–Kier alpha value is -3.55. The Labute approximate surface area is 142 Å². The number of benzene rings is 1. The van der Waals surface area contributed by atoms with Crippen LogP contribution in [0.5, 0.6) is 0 Å². The standard InChI is InChI=1S/C17H14N6O2/c24-14-9-19-17(21-14)22-16(25)13-6-12-8-20-23(15(12)18-7-13)10-11-4-2-1-3-5-11/h1-8H,9-10H2,(H2,19,21,22,24,25). The minimum Gasteiger partial charge on any atom is -0.295 e. The van der Waals surface area contributed by atoms with Gasteiger partial charge in [-0.05, 0) is 11.6 Å². The van der Waals surface area contributed by atoms with Gasteiger partial charge in [0.1, 0.15) is 6.54 Å². The van der Waals surface area contributed by atoms with Crippen molar-refractivity contribution in [3.05, 3.63) is 59.9 Å². The molecule has 1 aliphatic rings. The van der Waals surface area contributed by atoms with Crippen LogP contribution in [0.3, 0.4) is 0 Å². The fourth-order valence-electron chi connectivity index (χ4n) is 2.58. The highest BCUT2D eigenvalue weighted by Gasteiger charge is 2.17. The monoisotopic (exact) mass is 334 g/mol. The molecule has 1 aliphatic heterocycles. The number of hydrogen-bond acceptors (Lipinski definition) is 5. The third-order valence-corrected chi connectivity index (χ3v) is 3.78. The quantitative estimate of drug-likeness (QED) is 0.736. The topological polar surface area (TPSA) is 101 Å². The fourth-order valence-corrected chi connectivity index (χ4v) is 2.58. The number of amides is 2. The molecule has 0 saturated heterocycles. The van der Waals surface area contributed by atoms with Crippen molar-refractivity contribution >= 4 is 28.8 Å². The summed E-state index contributed by atoms with van der Waals surface area (Å²) in [5.74, 6) is -0.466.